The number of hydrogen-bond donors (Lipinski definition) is 1. The van der Waals surface area contributed by atoms with Crippen molar-refractivity contribution in [2.24, 2.45) is 0 Å². The van der Waals surface area contributed by atoms with Gasteiger partial charge in [-0.15, -0.1) is 0 Å². The molecule has 15 heavy (non-hydrogen) atoms. The molecule has 1 aromatic rings. The summed E-state index contributed by atoms with van der Waals surface area (Å²) in [5, 5.41) is 4.24. The Morgan fingerprint density at radius 1 is 1.27 bits per heavy atom. The smallest absolute Gasteiger partial charge is 0.161 e. The van der Waals surface area contributed by atoms with E-state index in [9.17, 15) is 0 Å². The lowest BCUT2D eigenvalue weighted by molar-refractivity contribution is 0.131. The van der Waals surface area contributed by atoms with Gasteiger partial charge in [0.05, 0.1) is 16.8 Å². The molecule has 1 saturated carbocycles. The van der Waals surface area contributed by atoms with Gasteiger partial charge in [-0.05, 0) is 31.4 Å². The first-order valence-electron chi connectivity index (χ1n) is 5.56. The second kappa shape index (κ2) is 3.60. The van der Waals surface area contributed by atoms with Gasteiger partial charge in [-0.2, -0.15) is 0 Å². The van der Waals surface area contributed by atoms with Crippen molar-refractivity contribution in [3.8, 4) is 5.75 Å². The minimum Gasteiger partial charge on any atom is -0.485 e. The van der Waals surface area contributed by atoms with E-state index < -0.39 is 0 Å². The van der Waals surface area contributed by atoms with E-state index in [1.54, 1.807) is 0 Å². The highest BCUT2D eigenvalue weighted by Crippen LogP contribution is 2.40. The highest BCUT2D eigenvalue weighted by molar-refractivity contribution is 6.32. The number of nitrogens with one attached hydrogen (secondary N) is 1. The van der Waals surface area contributed by atoms with Crippen LogP contribution >= 0.6 is 11.6 Å². The number of benzene rings is 1. The van der Waals surface area contributed by atoms with Gasteiger partial charge in [0.2, 0.25) is 0 Å². The number of halogens is 1. The van der Waals surface area contributed by atoms with Crippen LogP contribution in [0.1, 0.15) is 25.7 Å². The van der Waals surface area contributed by atoms with Crippen LogP contribution in [0.25, 0.3) is 0 Å². The van der Waals surface area contributed by atoms with Crippen molar-refractivity contribution < 1.29 is 4.74 Å². The molecule has 2 aliphatic rings. The van der Waals surface area contributed by atoms with Gasteiger partial charge in [-0.25, -0.2) is 0 Å². The second-order valence-electron chi connectivity index (χ2n) is 4.31. The predicted octanol–water partition coefficient (Wildman–Crippen LogP) is 3.46. The lowest BCUT2D eigenvalue weighted by Crippen LogP contribution is -2.43. The quantitative estimate of drug-likeness (QED) is 0.728. The first-order valence-corrected chi connectivity index (χ1v) is 5.94. The summed E-state index contributed by atoms with van der Waals surface area (Å²) < 4.78 is 5.97. The average molecular weight is 224 g/mol. The number of fused-ring (bicyclic) bond motifs is 2. The molecule has 1 heterocycles. The predicted molar refractivity (Wildman–Crippen MR) is 61.7 cm³/mol. The Balaban J connectivity index is 1.95. The number of anilines is 1. The van der Waals surface area contributed by atoms with Gasteiger partial charge in [-0.3, -0.25) is 0 Å². The van der Waals surface area contributed by atoms with Gasteiger partial charge in [0, 0.05) is 0 Å². The van der Waals surface area contributed by atoms with Crippen molar-refractivity contribution in [3.63, 3.8) is 0 Å². The van der Waals surface area contributed by atoms with Crippen molar-refractivity contribution >= 4 is 17.3 Å². The Kier molecular flexibility index (Phi) is 2.24. The molecular formula is C12H14ClNO. The summed E-state index contributed by atoms with van der Waals surface area (Å²) in [7, 11) is 0. The third kappa shape index (κ3) is 1.57. The summed E-state index contributed by atoms with van der Waals surface area (Å²) >= 11 is 6.11. The van der Waals surface area contributed by atoms with Crippen molar-refractivity contribution in [2.45, 2.75) is 37.8 Å². The molecular weight excluding hydrogens is 210 g/mol. The topological polar surface area (TPSA) is 21.3 Å². The molecule has 1 aliphatic carbocycles. The SMILES string of the molecule is Clc1cccc2c1OC1CCCCC1N2. The molecule has 2 unspecified atom stereocenters. The molecule has 0 aromatic heterocycles. The minimum atomic E-state index is 0.311. The maximum atomic E-state index is 6.11. The molecule has 1 N–H and O–H groups in total. The first kappa shape index (κ1) is 9.34. The zero-order chi connectivity index (χ0) is 10.3. The number of para-hydroxylation sites is 1. The first-order chi connectivity index (χ1) is 7.34. The minimum absolute atomic E-state index is 0.311. The van der Waals surface area contributed by atoms with Crippen LogP contribution in [0, 0.1) is 0 Å². The van der Waals surface area contributed by atoms with Gasteiger partial charge in [-0.1, -0.05) is 24.1 Å². The Bertz CT molecular complexity index is 380. The van der Waals surface area contributed by atoms with Crippen LogP contribution in [0.4, 0.5) is 5.69 Å². The maximum absolute atomic E-state index is 6.11. The highest BCUT2D eigenvalue weighted by Gasteiger charge is 2.32. The van der Waals surface area contributed by atoms with E-state index in [1.807, 2.05) is 18.2 Å². The van der Waals surface area contributed by atoms with Gasteiger partial charge in [0.15, 0.2) is 5.75 Å². The van der Waals surface area contributed by atoms with E-state index >= 15 is 0 Å². The summed E-state index contributed by atoms with van der Waals surface area (Å²) in [6.45, 7) is 0. The van der Waals surface area contributed by atoms with E-state index in [4.69, 9.17) is 16.3 Å². The fourth-order valence-corrected chi connectivity index (χ4v) is 2.72. The van der Waals surface area contributed by atoms with Crippen molar-refractivity contribution in [2.75, 3.05) is 5.32 Å². The molecule has 0 bridgehead atoms. The molecule has 0 saturated heterocycles. The van der Waals surface area contributed by atoms with Crippen molar-refractivity contribution in [3.05, 3.63) is 23.2 Å². The fraction of sp³-hybridized carbons (Fsp3) is 0.500. The molecule has 80 valence electrons. The molecule has 2 nitrogen and oxygen atoms in total. The van der Waals surface area contributed by atoms with Crippen LogP contribution in [-0.4, -0.2) is 12.1 Å². The fourth-order valence-electron chi connectivity index (χ4n) is 2.50. The molecule has 1 fully saturated rings. The van der Waals surface area contributed by atoms with Gasteiger partial charge >= 0.3 is 0 Å². The summed E-state index contributed by atoms with van der Waals surface area (Å²) in [4.78, 5) is 0. The Morgan fingerprint density at radius 3 is 3.07 bits per heavy atom. The number of rotatable bonds is 0. The van der Waals surface area contributed by atoms with Crippen LogP contribution in [-0.2, 0) is 0 Å². The van der Waals surface area contributed by atoms with E-state index in [-0.39, 0.29) is 0 Å². The molecule has 2 atom stereocenters. The Labute approximate surface area is 94.6 Å². The van der Waals surface area contributed by atoms with E-state index in [1.165, 1.54) is 19.3 Å². The van der Waals surface area contributed by atoms with Crippen LogP contribution in [0.5, 0.6) is 5.75 Å². The molecule has 3 heteroatoms. The zero-order valence-corrected chi connectivity index (χ0v) is 9.26. The largest absolute Gasteiger partial charge is 0.485 e. The van der Waals surface area contributed by atoms with E-state index in [2.05, 4.69) is 5.32 Å². The normalized spacial score (nSPS) is 28.3. The lowest BCUT2D eigenvalue weighted by atomic mass is 9.91. The van der Waals surface area contributed by atoms with Crippen LogP contribution in [0.3, 0.4) is 0 Å². The third-order valence-electron chi connectivity index (χ3n) is 3.28. The van der Waals surface area contributed by atoms with E-state index in [0.29, 0.717) is 17.2 Å². The monoisotopic (exact) mass is 223 g/mol. The van der Waals surface area contributed by atoms with E-state index in [0.717, 1.165) is 17.9 Å². The second-order valence-corrected chi connectivity index (χ2v) is 4.72. The lowest BCUT2D eigenvalue weighted by Gasteiger charge is -2.38. The van der Waals surface area contributed by atoms with Crippen LogP contribution in [0.2, 0.25) is 5.02 Å². The average Bonchev–Trinajstić information content (AvgIpc) is 2.27. The molecule has 1 aliphatic heterocycles. The molecule has 3 rings (SSSR count). The Morgan fingerprint density at radius 2 is 2.13 bits per heavy atom. The molecule has 1 aromatic carbocycles. The van der Waals surface area contributed by atoms with Crippen LogP contribution < -0.4 is 10.1 Å². The summed E-state index contributed by atoms with van der Waals surface area (Å²) in [5.41, 5.74) is 1.05. The Hall–Kier alpha value is -0.890. The van der Waals surface area contributed by atoms with Crippen molar-refractivity contribution in [1.82, 2.24) is 0 Å². The highest BCUT2D eigenvalue weighted by atomic mass is 35.5. The summed E-state index contributed by atoms with van der Waals surface area (Å²) in [6, 6.07) is 6.35. The number of ether oxygens (including phenoxy) is 1. The molecule has 0 radical (unpaired) electrons. The zero-order valence-electron chi connectivity index (χ0n) is 8.50. The van der Waals surface area contributed by atoms with Crippen molar-refractivity contribution in [1.29, 1.82) is 0 Å². The molecule has 0 amide bonds. The third-order valence-corrected chi connectivity index (χ3v) is 3.58. The summed E-state index contributed by atoms with van der Waals surface area (Å²) in [6.07, 6.45) is 5.22. The van der Waals surface area contributed by atoms with Gasteiger partial charge in [0.1, 0.15) is 6.10 Å². The standard InChI is InChI=1S/C12H14ClNO/c13-8-4-3-6-10-12(8)15-11-7-2-1-5-9(11)14-10/h3-4,6,9,11,14H,1-2,5,7H2. The molecule has 0 spiro atoms. The van der Waals surface area contributed by atoms with Gasteiger partial charge in [0.25, 0.3) is 0 Å². The number of hydrogen-bond acceptors (Lipinski definition) is 2. The maximum Gasteiger partial charge on any atom is 0.161 e. The van der Waals surface area contributed by atoms with Crippen LogP contribution in [0.15, 0.2) is 18.2 Å². The summed E-state index contributed by atoms with van der Waals surface area (Å²) in [5.74, 6) is 0.835. The van der Waals surface area contributed by atoms with Gasteiger partial charge < -0.3 is 10.1 Å².